The molecule has 1 amide bonds. The molecule has 1 N–H and O–H groups in total. The highest BCUT2D eigenvalue weighted by molar-refractivity contribution is 6.30. The first-order valence-electron chi connectivity index (χ1n) is 8.38. The number of nitriles is 1. The second-order valence-electron chi connectivity index (χ2n) is 5.91. The SMILES string of the molecule is N#C/C(=C\c1ccc(-c2cccc(Cl)c2)o1)C(=O)Nc1ccc(OC(F)(F)F)cc1. The molecule has 0 aliphatic rings. The van der Waals surface area contributed by atoms with E-state index in [4.69, 9.17) is 16.0 Å². The molecule has 30 heavy (non-hydrogen) atoms. The molecule has 1 aromatic heterocycles. The summed E-state index contributed by atoms with van der Waals surface area (Å²) >= 11 is 5.96. The van der Waals surface area contributed by atoms with Crippen molar-refractivity contribution >= 4 is 29.3 Å². The molecular formula is C21H12ClF3N2O3. The van der Waals surface area contributed by atoms with E-state index in [1.165, 1.54) is 18.2 Å². The van der Waals surface area contributed by atoms with Gasteiger partial charge in [0.1, 0.15) is 28.9 Å². The van der Waals surface area contributed by atoms with E-state index in [0.29, 0.717) is 10.8 Å². The first-order chi connectivity index (χ1) is 14.2. The Hall–Kier alpha value is -3.70. The number of carbonyl (C=O) groups excluding carboxylic acids is 1. The van der Waals surface area contributed by atoms with E-state index in [0.717, 1.165) is 17.7 Å². The zero-order valence-electron chi connectivity index (χ0n) is 15.0. The molecule has 0 saturated carbocycles. The number of anilines is 1. The molecule has 3 aromatic rings. The van der Waals surface area contributed by atoms with Crippen LogP contribution in [0.25, 0.3) is 17.4 Å². The summed E-state index contributed by atoms with van der Waals surface area (Å²) in [6, 6.07) is 16.5. The third-order valence-electron chi connectivity index (χ3n) is 3.73. The van der Waals surface area contributed by atoms with Gasteiger partial charge in [0.25, 0.3) is 5.91 Å². The van der Waals surface area contributed by atoms with Gasteiger partial charge in [0.2, 0.25) is 0 Å². The second-order valence-corrected chi connectivity index (χ2v) is 6.34. The minimum absolute atomic E-state index is 0.190. The molecule has 0 unspecified atom stereocenters. The summed E-state index contributed by atoms with van der Waals surface area (Å²) < 4.78 is 46.0. The Morgan fingerprint density at radius 3 is 2.50 bits per heavy atom. The Balaban J connectivity index is 1.72. The largest absolute Gasteiger partial charge is 0.573 e. The smallest absolute Gasteiger partial charge is 0.457 e. The summed E-state index contributed by atoms with van der Waals surface area (Å²) in [6.07, 6.45) is -3.56. The molecule has 0 radical (unpaired) electrons. The fourth-order valence-corrected chi connectivity index (χ4v) is 2.65. The molecule has 0 fully saturated rings. The molecule has 0 spiro atoms. The van der Waals surface area contributed by atoms with Gasteiger partial charge in [-0.25, -0.2) is 0 Å². The summed E-state index contributed by atoms with van der Waals surface area (Å²) in [7, 11) is 0. The number of nitrogens with one attached hydrogen (secondary N) is 1. The van der Waals surface area contributed by atoms with Crippen molar-refractivity contribution in [1.82, 2.24) is 0 Å². The number of hydrogen-bond acceptors (Lipinski definition) is 4. The molecule has 0 aliphatic heterocycles. The molecule has 5 nitrogen and oxygen atoms in total. The number of amides is 1. The molecule has 9 heteroatoms. The third kappa shape index (κ3) is 5.65. The average Bonchev–Trinajstić information content (AvgIpc) is 3.15. The number of nitrogens with zero attached hydrogens (tertiary/aromatic N) is 1. The predicted molar refractivity (Wildman–Crippen MR) is 104 cm³/mol. The van der Waals surface area contributed by atoms with Crippen LogP contribution in [-0.2, 0) is 4.79 Å². The number of furan rings is 1. The quantitative estimate of drug-likeness (QED) is 0.393. The number of hydrogen-bond donors (Lipinski definition) is 1. The summed E-state index contributed by atoms with van der Waals surface area (Å²) in [5, 5.41) is 12.2. The first-order valence-corrected chi connectivity index (χ1v) is 8.76. The number of halogens is 4. The third-order valence-corrected chi connectivity index (χ3v) is 3.97. The fraction of sp³-hybridized carbons (Fsp3) is 0.0476. The maximum Gasteiger partial charge on any atom is 0.573 e. The van der Waals surface area contributed by atoms with Crippen molar-refractivity contribution in [3.63, 3.8) is 0 Å². The Labute approximate surface area is 173 Å². The molecular weight excluding hydrogens is 421 g/mol. The van der Waals surface area contributed by atoms with E-state index in [2.05, 4.69) is 10.1 Å². The predicted octanol–water partition coefficient (Wildman–Crippen LogP) is 6.04. The zero-order valence-corrected chi connectivity index (χ0v) is 15.8. The highest BCUT2D eigenvalue weighted by atomic mass is 35.5. The van der Waals surface area contributed by atoms with Gasteiger partial charge in [-0.1, -0.05) is 23.7 Å². The number of ether oxygens (including phenoxy) is 1. The normalized spacial score (nSPS) is 11.6. The van der Waals surface area contributed by atoms with Crippen molar-refractivity contribution in [3.8, 4) is 23.1 Å². The maximum absolute atomic E-state index is 12.3. The van der Waals surface area contributed by atoms with Gasteiger partial charge in [-0.3, -0.25) is 4.79 Å². The molecule has 0 aliphatic carbocycles. The number of benzene rings is 2. The second kappa shape index (κ2) is 8.76. The van der Waals surface area contributed by atoms with Gasteiger partial charge in [0.15, 0.2) is 0 Å². The molecule has 1 heterocycles. The van der Waals surface area contributed by atoms with Crippen LogP contribution in [0.5, 0.6) is 5.75 Å². The maximum atomic E-state index is 12.3. The van der Waals surface area contributed by atoms with Gasteiger partial charge in [0.05, 0.1) is 0 Å². The minimum atomic E-state index is -4.81. The van der Waals surface area contributed by atoms with E-state index in [9.17, 15) is 23.2 Å². The van der Waals surface area contributed by atoms with Gasteiger partial charge >= 0.3 is 6.36 Å². The minimum Gasteiger partial charge on any atom is -0.457 e. The highest BCUT2D eigenvalue weighted by Crippen LogP contribution is 2.26. The Morgan fingerprint density at radius 1 is 1.13 bits per heavy atom. The van der Waals surface area contributed by atoms with Crippen LogP contribution in [0.4, 0.5) is 18.9 Å². The lowest BCUT2D eigenvalue weighted by Gasteiger charge is -2.09. The molecule has 2 aromatic carbocycles. The molecule has 3 rings (SSSR count). The molecule has 152 valence electrons. The zero-order chi connectivity index (χ0) is 21.7. The van der Waals surface area contributed by atoms with Crippen LogP contribution >= 0.6 is 11.6 Å². The van der Waals surface area contributed by atoms with Crippen LogP contribution in [-0.4, -0.2) is 12.3 Å². The fourth-order valence-electron chi connectivity index (χ4n) is 2.46. The lowest BCUT2D eigenvalue weighted by atomic mass is 10.2. The van der Waals surface area contributed by atoms with Crippen LogP contribution in [0.3, 0.4) is 0 Å². The van der Waals surface area contributed by atoms with Gasteiger partial charge in [-0.15, -0.1) is 13.2 Å². The molecule has 0 bridgehead atoms. The summed E-state index contributed by atoms with van der Waals surface area (Å²) in [4.78, 5) is 12.3. The Morgan fingerprint density at radius 2 is 1.87 bits per heavy atom. The Kier molecular flexibility index (Phi) is 6.14. The van der Waals surface area contributed by atoms with E-state index in [-0.39, 0.29) is 17.0 Å². The number of carbonyl (C=O) groups is 1. The van der Waals surface area contributed by atoms with Crippen LogP contribution in [0.15, 0.2) is 70.7 Å². The van der Waals surface area contributed by atoms with Crippen molar-refractivity contribution in [2.75, 3.05) is 5.32 Å². The summed E-state index contributed by atoms with van der Waals surface area (Å²) in [6.45, 7) is 0. The first kappa shape index (κ1) is 21.0. The molecule has 0 atom stereocenters. The van der Waals surface area contributed by atoms with E-state index < -0.39 is 18.0 Å². The van der Waals surface area contributed by atoms with Gasteiger partial charge in [-0.2, -0.15) is 5.26 Å². The standard InChI is InChI=1S/C21H12ClF3N2O3/c22-15-3-1-2-13(10-15)19-9-8-18(29-19)11-14(12-26)20(28)27-16-4-6-17(7-5-16)30-21(23,24)25/h1-11H,(H,27,28)/b14-11+. The lowest BCUT2D eigenvalue weighted by Crippen LogP contribution is -2.17. The van der Waals surface area contributed by atoms with Crippen LogP contribution in [0, 0.1) is 11.3 Å². The van der Waals surface area contributed by atoms with Crippen LogP contribution < -0.4 is 10.1 Å². The average molecular weight is 433 g/mol. The Bertz CT molecular complexity index is 1130. The van der Waals surface area contributed by atoms with E-state index in [1.807, 2.05) is 0 Å². The number of rotatable bonds is 5. The van der Waals surface area contributed by atoms with Crippen molar-refractivity contribution in [3.05, 3.63) is 77.0 Å². The van der Waals surface area contributed by atoms with Crippen LogP contribution in [0.2, 0.25) is 5.02 Å². The summed E-state index contributed by atoms with van der Waals surface area (Å²) in [5.74, 6) is -0.407. The van der Waals surface area contributed by atoms with E-state index in [1.54, 1.807) is 42.5 Å². The van der Waals surface area contributed by atoms with Crippen molar-refractivity contribution in [2.24, 2.45) is 0 Å². The van der Waals surface area contributed by atoms with Gasteiger partial charge < -0.3 is 14.5 Å². The molecule has 0 saturated heterocycles. The van der Waals surface area contributed by atoms with Crippen molar-refractivity contribution in [1.29, 1.82) is 5.26 Å². The van der Waals surface area contributed by atoms with E-state index >= 15 is 0 Å². The van der Waals surface area contributed by atoms with Gasteiger partial charge in [0, 0.05) is 22.3 Å². The van der Waals surface area contributed by atoms with Crippen molar-refractivity contribution in [2.45, 2.75) is 6.36 Å². The summed E-state index contributed by atoms with van der Waals surface area (Å²) in [5.41, 5.74) is 0.665. The lowest BCUT2D eigenvalue weighted by molar-refractivity contribution is -0.274. The number of alkyl halides is 3. The monoisotopic (exact) mass is 432 g/mol. The van der Waals surface area contributed by atoms with Crippen LogP contribution in [0.1, 0.15) is 5.76 Å². The van der Waals surface area contributed by atoms with Gasteiger partial charge in [-0.05, 0) is 48.5 Å². The topological polar surface area (TPSA) is 75.3 Å². The van der Waals surface area contributed by atoms with Crippen molar-refractivity contribution < 1.29 is 27.1 Å². The highest BCUT2D eigenvalue weighted by Gasteiger charge is 2.31.